The molecular weight excluding hydrogens is 460 g/mol. The molecule has 2 aromatic carbocycles. The van der Waals surface area contributed by atoms with Crippen LogP contribution in [0.25, 0.3) is 0 Å². The van der Waals surface area contributed by atoms with Crippen molar-refractivity contribution < 1.29 is 35.4 Å². The SMILES string of the molecule is CS(=O)(=O)O.CS(=O)(=O)O.Nc1ccc(OC2CCC(Oc3ccc(N)cc3)CC2)cc1. The average Bonchev–Trinajstić information content (AvgIpc) is 2.64. The average molecular weight is 491 g/mol. The van der Waals surface area contributed by atoms with E-state index in [1.807, 2.05) is 48.5 Å². The monoisotopic (exact) mass is 490 g/mol. The van der Waals surface area contributed by atoms with E-state index < -0.39 is 20.2 Å². The number of hydrogen-bond donors (Lipinski definition) is 4. The number of rotatable bonds is 4. The van der Waals surface area contributed by atoms with Crippen molar-refractivity contribution in [3.63, 3.8) is 0 Å². The van der Waals surface area contributed by atoms with Gasteiger partial charge in [0.1, 0.15) is 11.5 Å². The molecule has 1 aliphatic rings. The van der Waals surface area contributed by atoms with Gasteiger partial charge in [0.05, 0.1) is 24.7 Å². The molecule has 0 saturated heterocycles. The third-order valence-electron chi connectivity index (χ3n) is 3.99. The predicted molar refractivity (Wildman–Crippen MR) is 124 cm³/mol. The molecule has 10 nitrogen and oxygen atoms in total. The van der Waals surface area contributed by atoms with Crippen LogP contribution in [0.2, 0.25) is 0 Å². The molecule has 12 heteroatoms. The van der Waals surface area contributed by atoms with E-state index in [1.165, 1.54) is 0 Å². The predicted octanol–water partition coefficient (Wildman–Crippen LogP) is 2.63. The Balaban J connectivity index is 0.000000431. The van der Waals surface area contributed by atoms with Crippen molar-refractivity contribution in [3.05, 3.63) is 48.5 Å². The van der Waals surface area contributed by atoms with Gasteiger partial charge in [0.25, 0.3) is 20.2 Å². The molecule has 0 unspecified atom stereocenters. The first-order chi connectivity index (χ1) is 14.7. The van der Waals surface area contributed by atoms with E-state index in [1.54, 1.807) is 0 Å². The lowest BCUT2D eigenvalue weighted by molar-refractivity contribution is 0.0807. The number of benzene rings is 2. The van der Waals surface area contributed by atoms with Crippen molar-refractivity contribution in [1.29, 1.82) is 0 Å². The third-order valence-corrected chi connectivity index (χ3v) is 3.99. The highest BCUT2D eigenvalue weighted by molar-refractivity contribution is 7.85. The van der Waals surface area contributed by atoms with E-state index in [0.29, 0.717) is 12.5 Å². The zero-order valence-electron chi connectivity index (χ0n) is 17.9. The second kappa shape index (κ2) is 12.5. The summed E-state index contributed by atoms with van der Waals surface area (Å²) in [6.07, 6.45) is 5.96. The zero-order valence-corrected chi connectivity index (χ0v) is 19.6. The minimum atomic E-state index is -3.67. The van der Waals surface area contributed by atoms with Gasteiger partial charge < -0.3 is 20.9 Å². The molecule has 0 aliphatic heterocycles. The fourth-order valence-electron chi connectivity index (χ4n) is 2.75. The summed E-state index contributed by atoms with van der Waals surface area (Å²) in [6, 6.07) is 15.2. The second-order valence-corrected chi connectivity index (χ2v) is 10.2. The minimum Gasteiger partial charge on any atom is -0.490 e. The zero-order chi connectivity index (χ0) is 24.4. The largest absolute Gasteiger partial charge is 0.490 e. The third kappa shape index (κ3) is 15.3. The van der Waals surface area contributed by atoms with Crippen LogP contribution < -0.4 is 20.9 Å². The summed E-state index contributed by atoms with van der Waals surface area (Å²) >= 11 is 0. The quantitative estimate of drug-likeness (QED) is 0.367. The van der Waals surface area contributed by atoms with E-state index in [9.17, 15) is 16.8 Å². The summed E-state index contributed by atoms with van der Waals surface area (Å²) < 4.78 is 63.7. The first kappa shape index (κ1) is 27.5. The molecule has 32 heavy (non-hydrogen) atoms. The Labute approximate surface area is 189 Å². The van der Waals surface area contributed by atoms with Crippen LogP contribution in [0, 0.1) is 0 Å². The Bertz CT molecular complexity index is 915. The molecule has 3 rings (SSSR count). The second-order valence-electron chi connectivity index (χ2n) is 7.24. The lowest BCUT2D eigenvalue weighted by atomic mass is 9.95. The van der Waals surface area contributed by atoms with Crippen molar-refractivity contribution in [2.24, 2.45) is 0 Å². The normalized spacial score (nSPS) is 18.2. The smallest absolute Gasteiger partial charge is 0.261 e. The summed E-state index contributed by atoms with van der Waals surface area (Å²) in [4.78, 5) is 0. The molecule has 1 aliphatic carbocycles. The van der Waals surface area contributed by atoms with Crippen LogP contribution in [0.5, 0.6) is 11.5 Å². The molecule has 0 radical (unpaired) electrons. The molecule has 1 saturated carbocycles. The molecule has 2 aromatic rings. The Morgan fingerprint density at radius 3 is 1.09 bits per heavy atom. The van der Waals surface area contributed by atoms with Crippen LogP contribution in [0.3, 0.4) is 0 Å². The van der Waals surface area contributed by atoms with Crippen LogP contribution in [-0.4, -0.2) is 50.7 Å². The van der Waals surface area contributed by atoms with Gasteiger partial charge in [-0.05, 0) is 74.2 Å². The molecule has 0 spiro atoms. The highest BCUT2D eigenvalue weighted by Crippen LogP contribution is 2.27. The fourth-order valence-corrected chi connectivity index (χ4v) is 2.75. The van der Waals surface area contributed by atoms with Crippen LogP contribution in [0.15, 0.2) is 48.5 Å². The molecule has 0 aromatic heterocycles. The minimum absolute atomic E-state index is 0.259. The van der Waals surface area contributed by atoms with Crippen LogP contribution in [0.4, 0.5) is 11.4 Å². The number of nitrogen functional groups attached to an aromatic ring is 2. The Morgan fingerprint density at radius 1 is 0.656 bits per heavy atom. The highest BCUT2D eigenvalue weighted by Gasteiger charge is 2.23. The van der Waals surface area contributed by atoms with Gasteiger partial charge >= 0.3 is 0 Å². The standard InChI is InChI=1S/C18H22N2O2.2CH4O3S/c19-13-1-5-15(6-2-13)21-17-9-11-18(12-10-17)22-16-7-3-14(20)4-8-16;2*1-5(2,3)4/h1-8,17-18H,9-12,19-20H2;2*1H3,(H,2,3,4). The van der Waals surface area contributed by atoms with Gasteiger partial charge in [-0.1, -0.05) is 0 Å². The van der Waals surface area contributed by atoms with E-state index >= 15 is 0 Å². The molecular formula is C20H30N2O8S2. The Morgan fingerprint density at radius 2 is 0.875 bits per heavy atom. The first-order valence-corrected chi connectivity index (χ1v) is 13.3. The maximum atomic E-state index is 9.19. The highest BCUT2D eigenvalue weighted by atomic mass is 32.2. The van der Waals surface area contributed by atoms with Gasteiger partial charge in [0.15, 0.2) is 0 Å². The Hall–Kier alpha value is -2.54. The summed E-state index contributed by atoms with van der Waals surface area (Å²) in [5.41, 5.74) is 12.9. The van der Waals surface area contributed by atoms with E-state index in [0.717, 1.165) is 48.6 Å². The lowest BCUT2D eigenvalue weighted by Crippen LogP contribution is -2.30. The fraction of sp³-hybridized carbons (Fsp3) is 0.400. The van der Waals surface area contributed by atoms with Crippen molar-refractivity contribution >= 4 is 31.6 Å². The van der Waals surface area contributed by atoms with Gasteiger partial charge in [0.2, 0.25) is 0 Å². The van der Waals surface area contributed by atoms with Gasteiger partial charge in [-0.2, -0.15) is 16.8 Å². The molecule has 0 atom stereocenters. The molecule has 180 valence electrons. The topological polar surface area (TPSA) is 179 Å². The van der Waals surface area contributed by atoms with E-state index in [2.05, 4.69) is 0 Å². The maximum absolute atomic E-state index is 9.19. The number of hydrogen-bond acceptors (Lipinski definition) is 8. The van der Waals surface area contributed by atoms with Crippen LogP contribution >= 0.6 is 0 Å². The molecule has 1 fully saturated rings. The summed E-state index contributed by atoms with van der Waals surface area (Å²) in [5, 5.41) is 0. The van der Waals surface area contributed by atoms with Gasteiger partial charge in [-0.15, -0.1) is 0 Å². The van der Waals surface area contributed by atoms with Crippen molar-refractivity contribution in [2.75, 3.05) is 24.0 Å². The summed E-state index contributed by atoms with van der Waals surface area (Å²) in [6.45, 7) is 0. The van der Waals surface area contributed by atoms with Gasteiger partial charge in [-0.3, -0.25) is 9.11 Å². The van der Waals surface area contributed by atoms with Gasteiger partial charge in [0, 0.05) is 11.4 Å². The van der Waals surface area contributed by atoms with Crippen molar-refractivity contribution in [3.8, 4) is 11.5 Å². The van der Waals surface area contributed by atoms with E-state index in [-0.39, 0.29) is 12.2 Å². The molecule has 0 heterocycles. The van der Waals surface area contributed by atoms with Crippen molar-refractivity contribution in [1.82, 2.24) is 0 Å². The Kier molecular flexibility index (Phi) is 10.7. The maximum Gasteiger partial charge on any atom is 0.261 e. The van der Waals surface area contributed by atoms with Crippen LogP contribution in [-0.2, 0) is 20.2 Å². The van der Waals surface area contributed by atoms with Gasteiger partial charge in [-0.25, -0.2) is 0 Å². The first-order valence-electron chi connectivity index (χ1n) is 9.58. The molecule has 0 amide bonds. The lowest BCUT2D eigenvalue weighted by Gasteiger charge is -2.29. The molecule has 0 bridgehead atoms. The van der Waals surface area contributed by atoms with E-state index in [4.69, 9.17) is 30.0 Å². The summed E-state index contributed by atoms with van der Waals surface area (Å²) in [7, 11) is -7.33. The van der Waals surface area contributed by atoms with Crippen molar-refractivity contribution in [2.45, 2.75) is 37.9 Å². The summed E-state index contributed by atoms with van der Waals surface area (Å²) in [5.74, 6) is 1.77. The number of ether oxygens (including phenoxy) is 2. The number of nitrogens with two attached hydrogens (primary N) is 2. The molecule has 6 N–H and O–H groups in total. The number of anilines is 2. The van der Waals surface area contributed by atoms with Crippen LogP contribution in [0.1, 0.15) is 25.7 Å².